The molecule has 1 unspecified atom stereocenters. The van der Waals surface area contributed by atoms with E-state index in [0.29, 0.717) is 5.56 Å². The van der Waals surface area contributed by atoms with Gasteiger partial charge in [0.15, 0.2) is 0 Å². The topological polar surface area (TPSA) is 127 Å². The van der Waals surface area contributed by atoms with Gasteiger partial charge < -0.3 is 9.64 Å². The molecule has 4 rings (SSSR count). The number of rotatable bonds is 7. The van der Waals surface area contributed by atoms with Crippen LogP contribution in [-0.2, 0) is 20.9 Å². The number of hydrogen-bond donors (Lipinski definition) is 0. The molecule has 10 nitrogen and oxygen atoms in total. The van der Waals surface area contributed by atoms with Crippen LogP contribution in [0.5, 0.6) is 5.75 Å². The lowest BCUT2D eigenvalue weighted by Crippen LogP contribution is -2.45. The van der Waals surface area contributed by atoms with Crippen molar-refractivity contribution in [1.82, 2.24) is 4.90 Å². The van der Waals surface area contributed by atoms with Gasteiger partial charge in [0.25, 0.3) is 17.5 Å². The first-order valence-corrected chi connectivity index (χ1v) is 11.1. The molecular weight excluding hydrogens is 485 g/mol. The van der Waals surface area contributed by atoms with Gasteiger partial charge in [-0.25, -0.2) is 9.29 Å². The van der Waals surface area contributed by atoms with E-state index < -0.39 is 40.5 Å². The van der Waals surface area contributed by atoms with Crippen LogP contribution < -0.4 is 9.64 Å². The number of nitro groups is 1. The lowest BCUT2D eigenvalue weighted by Gasteiger charge is -2.28. The third-order valence-electron chi connectivity index (χ3n) is 5.71. The number of esters is 1. The monoisotopic (exact) mass is 505 g/mol. The summed E-state index contributed by atoms with van der Waals surface area (Å²) in [5.74, 6) is -2.59. The summed E-state index contributed by atoms with van der Waals surface area (Å²) in [6.45, 7) is 1.13. The van der Waals surface area contributed by atoms with Crippen LogP contribution in [0.2, 0.25) is 0 Å². The van der Waals surface area contributed by atoms with Crippen molar-refractivity contribution in [2.45, 2.75) is 25.9 Å². The molecule has 3 amide bonds. The zero-order chi connectivity index (χ0) is 26.7. The van der Waals surface area contributed by atoms with Crippen LogP contribution in [-0.4, -0.2) is 39.6 Å². The summed E-state index contributed by atoms with van der Waals surface area (Å²) < 4.78 is 18.4. The largest absolute Gasteiger partial charge is 0.427 e. The fraction of sp³-hybridized carbons (Fsp3) is 0.154. The Hall–Kier alpha value is -4.93. The van der Waals surface area contributed by atoms with Gasteiger partial charge in [0.2, 0.25) is 5.91 Å². The Morgan fingerprint density at radius 1 is 1.03 bits per heavy atom. The number of halogens is 1. The van der Waals surface area contributed by atoms with Crippen molar-refractivity contribution in [3.8, 4) is 5.75 Å². The number of hydrogen-bond acceptors (Lipinski definition) is 7. The first kappa shape index (κ1) is 25.2. The van der Waals surface area contributed by atoms with Gasteiger partial charge in [-0.3, -0.25) is 29.3 Å². The number of anilines is 1. The average molecular weight is 505 g/mol. The molecule has 188 valence electrons. The molecule has 1 aliphatic rings. The third-order valence-corrected chi connectivity index (χ3v) is 5.71. The molecular formula is C26H20FN3O7. The number of imide groups is 1. The van der Waals surface area contributed by atoms with Gasteiger partial charge in [-0.1, -0.05) is 12.1 Å². The summed E-state index contributed by atoms with van der Waals surface area (Å²) in [6, 6.07) is 14.8. The molecule has 0 saturated carbocycles. The summed E-state index contributed by atoms with van der Waals surface area (Å²) in [6.07, 6.45) is -0.301. The second kappa shape index (κ2) is 10.4. The molecule has 0 aromatic heterocycles. The van der Waals surface area contributed by atoms with E-state index in [4.69, 9.17) is 4.74 Å². The van der Waals surface area contributed by atoms with Crippen molar-refractivity contribution in [2.75, 3.05) is 4.90 Å². The van der Waals surface area contributed by atoms with Gasteiger partial charge >= 0.3 is 5.97 Å². The number of nitrogens with zero attached hydrogens (tertiary/aromatic N) is 3. The Bertz CT molecular complexity index is 1370. The van der Waals surface area contributed by atoms with Crippen molar-refractivity contribution in [1.29, 1.82) is 0 Å². The third kappa shape index (κ3) is 5.50. The van der Waals surface area contributed by atoms with E-state index >= 15 is 0 Å². The van der Waals surface area contributed by atoms with Crippen molar-refractivity contribution >= 4 is 35.1 Å². The van der Waals surface area contributed by atoms with E-state index in [-0.39, 0.29) is 35.7 Å². The zero-order valence-corrected chi connectivity index (χ0v) is 19.5. The molecule has 0 aliphatic carbocycles. The minimum absolute atomic E-state index is 0.0807. The van der Waals surface area contributed by atoms with Crippen LogP contribution in [0, 0.1) is 15.9 Å². The molecule has 1 atom stereocenters. The van der Waals surface area contributed by atoms with Gasteiger partial charge in [-0.15, -0.1) is 0 Å². The summed E-state index contributed by atoms with van der Waals surface area (Å²) in [7, 11) is 0. The first-order chi connectivity index (χ1) is 17.6. The standard InChI is InChI=1S/C26H20FN3O7/c1-16(31)37-22-12-10-20(11-13-22)29-24(32)14-23(26(29)34)28(15-17-2-6-19(27)7-3-17)25(33)18-4-8-21(9-5-18)30(35)36/h2-13,23H,14-15H2,1H3. The minimum Gasteiger partial charge on any atom is -0.427 e. The number of carbonyl (C=O) groups excluding carboxylic acids is 4. The molecule has 11 heteroatoms. The fourth-order valence-electron chi connectivity index (χ4n) is 3.96. The van der Waals surface area contributed by atoms with Gasteiger partial charge in [0.05, 0.1) is 17.0 Å². The molecule has 1 heterocycles. The van der Waals surface area contributed by atoms with E-state index in [2.05, 4.69) is 0 Å². The highest BCUT2D eigenvalue weighted by molar-refractivity contribution is 6.23. The quantitative estimate of drug-likeness (QED) is 0.158. The van der Waals surface area contributed by atoms with Crippen LogP contribution in [0.15, 0.2) is 72.8 Å². The molecule has 37 heavy (non-hydrogen) atoms. The van der Waals surface area contributed by atoms with Gasteiger partial charge in [0.1, 0.15) is 17.6 Å². The Balaban J connectivity index is 1.65. The lowest BCUT2D eigenvalue weighted by molar-refractivity contribution is -0.384. The van der Waals surface area contributed by atoms with Crippen LogP contribution in [0.3, 0.4) is 0 Å². The molecule has 0 bridgehead atoms. The van der Waals surface area contributed by atoms with Crippen molar-refractivity contribution in [3.63, 3.8) is 0 Å². The normalized spacial score (nSPS) is 15.0. The number of non-ortho nitro benzene ring substituents is 1. The smallest absolute Gasteiger partial charge is 0.308 e. The highest BCUT2D eigenvalue weighted by Gasteiger charge is 2.44. The van der Waals surface area contributed by atoms with Crippen LogP contribution >= 0.6 is 0 Å². The van der Waals surface area contributed by atoms with Crippen LogP contribution in [0.25, 0.3) is 0 Å². The first-order valence-electron chi connectivity index (χ1n) is 11.1. The number of amides is 3. The van der Waals surface area contributed by atoms with Gasteiger partial charge in [0, 0.05) is 31.2 Å². The highest BCUT2D eigenvalue weighted by Crippen LogP contribution is 2.29. The Kier molecular flexibility index (Phi) is 7.05. The van der Waals surface area contributed by atoms with E-state index in [1.165, 1.54) is 84.6 Å². The zero-order valence-electron chi connectivity index (χ0n) is 19.5. The lowest BCUT2D eigenvalue weighted by atomic mass is 10.1. The van der Waals surface area contributed by atoms with Crippen LogP contribution in [0.4, 0.5) is 15.8 Å². The van der Waals surface area contributed by atoms with E-state index in [1.807, 2.05) is 0 Å². The Morgan fingerprint density at radius 2 is 1.65 bits per heavy atom. The number of carbonyl (C=O) groups is 4. The molecule has 3 aromatic carbocycles. The second-order valence-corrected chi connectivity index (χ2v) is 8.24. The summed E-state index contributed by atoms with van der Waals surface area (Å²) in [5, 5.41) is 11.0. The maximum atomic E-state index is 13.5. The fourth-order valence-corrected chi connectivity index (χ4v) is 3.96. The maximum absolute atomic E-state index is 13.5. The number of benzene rings is 3. The van der Waals surface area contributed by atoms with Gasteiger partial charge in [-0.05, 0) is 54.1 Å². The maximum Gasteiger partial charge on any atom is 0.308 e. The summed E-state index contributed by atoms with van der Waals surface area (Å²) >= 11 is 0. The van der Waals surface area contributed by atoms with E-state index in [0.717, 1.165) is 4.90 Å². The Morgan fingerprint density at radius 3 is 2.22 bits per heavy atom. The summed E-state index contributed by atoms with van der Waals surface area (Å²) in [5.41, 5.74) is 0.619. The van der Waals surface area contributed by atoms with Crippen molar-refractivity contribution < 1.29 is 33.2 Å². The van der Waals surface area contributed by atoms with Crippen molar-refractivity contribution in [3.05, 3.63) is 99.9 Å². The highest BCUT2D eigenvalue weighted by atomic mass is 19.1. The molecule has 0 N–H and O–H groups in total. The second-order valence-electron chi connectivity index (χ2n) is 8.24. The Labute approximate surface area is 210 Å². The van der Waals surface area contributed by atoms with Crippen molar-refractivity contribution in [2.24, 2.45) is 0 Å². The average Bonchev–Trinajstić information content (AvgIpc) is 3.17. The summed E-state index contributed by atoms with van der Waals surface area (Å²) in [4.78, 5) is 63.5. The minimum atomic E-state index is -1.17. The molecule has 1 aliphatic heterocycles. The molecule has 0 spiro atoms. The molecule has 0 radical (unpaired) electrons. The molecule has 1 saturated heterocycles. The van der Waals surface area contributed by atoms with Crippen LogP contribution in [0.1, 0.15) is 29.3 Å². The predicted molar refractivity (Wildman–Crippen MR) is 128 cm³/mol. The molecule has 3 aromatic rings. The predicted octanol–water partition coefficient (Wildman–Crippen LogP) is 3.63. The SMILES string of the molecule is CC(=O)Oc1ccc(N2C(=O)CC(N(Cc3ccc(F)cc3)C(=O)c3ccc([N+](=O)[O-])cc3)C2=O)cc1. The van der Waals surface area contributed by atoms with E-state index in [9.17, 15) is 33.7 Å². The number of nitro benzene ring substituents is 1. The van der Waals surface area contributed by atoms with E-state index in [1.54, 1.807) is 0 Å². The molecule has 1 fully saturated rings. The van der Waals surface area contributed by atoms with Gasteiger partial charge in [-0.2, -0.15) is 0 Å². The number of ether oxygens (including phenoxy) is 1.